The van der Waals surface area contributed by atoms with Crippen molar-refractivity contribution in [1.82, 2.24) is 10.2 Å². The average Bonchev–Trinajstić information content (AvgIpc) is 2.56. The van der Waals surface area contributed by atoms with Gasteiger partial charge in [-0.3, -0.25) is 4.90 Å². The second kappa shape index (κ2) is 7.51. The zero-order chi connectivity index (χ0) is 13.8. The summed E-state index contributed by atoms with van der Waals surface area (Å²) in [6.45, 7) is 3.83. The molecule has 2 aliphatic carbocycles. The van der Waals surface area contributed by atoms with E-state index in [4.69, 9.17) is 0 Å². The first kappa shape index (κ1) is 15.2. The highest BCUT2D eigenvalue weighted by atomic mass is 32.2. The van der Waals surface area contributed by atoms with Gasteiger partial charge in [0.25, 0.3) is 0 Å². The van der Waals surface area contributed by atoms with E-state index in [-0.39, 0.29) is 0 Å². The first-order chi connectivity index (χ1) is 9.88. The molecule has 1 N–H and O–H groups in total. The lowest BCUT2D eigenvalue weighted by Gasteiger charge is -2.46. The minimum Gasteiger partial charge on any atom is -0.311 e. The molecule has 3 heteroatoms. The minimum atomic E-state index is 0.786. The van der Waals surface area contributed by atoms with Gasteiger partial charge in [0, 0.05) is 37.0 Å². The summed E-state index contributed by atoms with van der Waals surface area (Å²) in [5, 5.41) is 4.74. The van der Waals surface area contributed by atoms with Crippen molar-refractivity contribution in [1.29, 1.82) is 0 Å². The molecule has 0 bridgehead atoms. The van der Waals surface area contributed by atoms with Gasteiger partial charge in [-0.2, -0.15) is 11.8 Å². The second-order valence-corrected chi connectivity index (χ2v) is 8.16. The van der Waals surface area contributed by atoms with Crippen molar-refractivity contribution in [3.8, 4) is 0 Å². The topological polar surface area (TPSA) is 15.3 Å². The van der Waals surface area contributed by atoms with Crippen molar-refractivity contribution in [2.24, 2.45) is 5.92 Å². The normalized spacial score (nSPS) is 38.0. The molecule has 3 atom stereocenters. The van der Waals surface area contributed by atoms with E-state index in [0.717, 1.165) is 23.3 Å². The number of thioether (sulfide) groups is 1. The molecule has 0 amide bonds. The van der Waals surface area contributed by atoms with Gasteiger partial charge in [0.2, 0.25) is 0 Å². The van der Waals surface area contributed by atoms with Gasteiger partial charge >= 0.3 is 0 Å². The predicted octanol–water partition coefficient (Wildman–Crippen LogP) is 3.51. The first-order valence-corrected chi connectivity index (χ1v) is 10.2. The molecule has 0 radical (unpaired) electrons. The maximum absolute atomic E-state index is 3.84. The number of hydrogen-bond acceptors (Lipinski definition) is 3. The Bertz CT molecular complexity index is 291. The van der Waals surface area contributed by atoms with Crippen LogP contribution in [-0.2, 0) is 0 Å². The van der Waals surface area contributed by atoms with Crippen LogP contribution in [0.25, 0.3) is 0 Å². The molecule has 3 unspecified atom stereocenters. The van der Waals surface area contributed by atoms with Gasteiger partial charge in [-0.25, -0.2) is 0 Å². The minimum absolute atomic E-state index is 0.786. The Morgan fingerprint density at radius 2 is 1.70 bits per heavy atom. The Labute approximate surface area is 129 Å². The molecular formula is C17H32N2S. The van der Waals surface area contributed by atoms with Crippen molar-refractivity contribution in [2.45, 2.75) is 75.1 Å². The van der Waals surface area contributed by atoms with Crippen molar-refractivity contribution in [2.75, 3.05) is 25.9 Å². The maximum Gasteiger partial charge on any atom is 0.0223 e. The van der Waals surface area contributed by atoms with E-state index in [2.05, 4.69) is 28.2 Å². The predicted molar refractivity (Wildman–Crippen MR) is 89.5 cm³/mol. The van der Waals surface area contributed by atoms with Gasteiger partial charge in [0.05, 0.1) is 0 Å². The summed E-state index contributed by atoms with van der Waals surface area (Å²) < 4.78 is 0. The van der Waals surface area contributed by atoms with Crippen LogP contribution in [0.1, 0.15) is 57.8 Å². The van der Waals surface area contributed by atoms with E-state index in [0.29, 0.717) is 0 Å². The summed E-state index contributed by atoms with van der Waals surface area (Å²) in [6.07, 6.45) is 15.5. The Balaban J connectivity index is 1.58. The lowest BCUT2D eigenvalue weighted by atomic mass is 9.82. The molecular weight excluding hydrogens is 264 g/mol. The monoisotopic (exact) mass is 296 g/mol. The molecule has 3 rings (SSSR count). The zero-order valence-electron chi connectivity index (χ0n) is 13.2. The van der Waals surface area contributed by atoms with E-state index in [1.54, 1.807) is 0 Å². The SMILES string of the molecule is CSC1CCCCC1N1CCNC(C2CCCCC2)C1. The van der Waals surface area contributed by atoms with Crippen molar-refractivity contribution >= 4 is 11.8 Å². The van der Waals surface area contributed by atoms with Gasteiger partial charge in [-0.1, -0.05) is 32.1 Å². The quantitative estimate of drug-likeness (QED) is 0.858. The van der Waals surface area contributed by atoms with E-state index >= 15 is 0 Å². The van der Waals surface area contributed by atoms with Gasteiger partial charge < -0.3 is 5.32 Å². The molecule has 0 aromatic carbocycles. The van der Waals surface area contributed by atoms with Crippen LogP contribution >= 0.6 is 11.8 Å². The largest absolute Gasteiger partial charge is 0.311 e. The standard InChI is InChI=1S/C17H32N2S/c1-20-17-10-6-5-9-16(17)19-12-11-18-15(13-19)14-7-3-2-4-8-14/h14-18H,2-13H2,1H3. The Morgan fingerprint density at radius 1 is 0.950 bits per heavy atom. The fraction of sp³-hybridized carbons (Fsp3) is 1.00. The number of piperazine rings is 1. The summed E-state index contributed by atoms with van der Waals surface area (Å²) in [5.74, 6) is 0.961. The molecule has 20 heavy (non-hydrogen) atoms. The molecule has 3 aliphatic rings. The molecule has 1 aliphatic heterocycles. The van der Waals surface area contributed by atoms with Gasteiger partial charge in [-0.15, -0.1) is 0 Å². The smallest absolute Gasteiger partial charge is 0.0223 e. The molecule has 1 heterocycles. The van der Waals surface area contributed by atoms with Crippen LogP contribution in [0, 0.1) is 5.92 Å². The molecule has 0 spiro atoms. The van der Waals surface area contributed by atoms with Crippen molar-refractivity contribution < 1.29 is 0 Å². The van der Waals surface area contributed by atoms with Gasteiger partial charge in [0.15, 0.2) is 0 Å². The highest BCUT2D eigenvalue weighted by Gasteiger charge is 2.34. The van der Waals surface area contributed by atoms with Crippen molar-refractivity contribution in [3.05, 3.63) is 0 Å². The van der Waals surface area contributed by atoms with Crippen LogP contribution in [0.5, 0.6) is 0 Å². The Morgan fingerprint density at radius 3 is 2.50 bits per heavy atom. The van der Waals surface area contributed by atoms with E-state index in [1.807, 2.05) is 0 Å². The third-order valence-corrected chi connectivity index (χ3v) is 7.05. The summed E-state index contributed by atoms with van der Waals surface area (Å²) in [6, 6.07) is 1.65. The summed E-state index contributed by atoms with van der Waals surface area (Å²) in [4.78, 5) is 2.86. The maximum atomic E-state index is 3.84. The summed E-state index contributed by atoms with van der Waals surface area (Å²) in [5.41, 5.74) is 0. The molecule has 2 saturated carbocycles. The van der Waals surface area contributed by atoms with Crippen LogP contribution < -0.4 is 5.32 Å². The van der Waals surface area contributed by atoms with E-state index in [1.165, 1.54) is 77.4 Å². The number of nitrogens with zero attached hydrogens (tertiary/aromatic N) is 1. The average molecular weight is 297 g/mol. The fourth-order valence-corrected chi connectivity index (χ4v) is 5.75. The zero-order valence-corrected chi connectivity index (χ0v) is 14.0. The first-order valence-electron chi connectivity index (χ1n) is 8.88. The molecule has 1 saturated heterocycles. The van der Waals surface area contributed by atoms with Crippen LogP contribution in [0.2, 0.25) is 0 Å². The van der Waals surface area contributed by atoms with E-state index < -0.39 is 0 Å². The van der Waals surface area contributed by atoms with Crippen LogP contribution in [0.4, 0.5) is 0 Å². The third-order valence-electron chi connectivity index (χ3n) is 5.90. The third kappa shape index (κ3) is 3.53. The molecule has 0 aromatic heterocycles. The molecule has 2 nitrogen and oxygen atoms in total. The summed E-state index contributed by atoms with van der Waals surface area (Å²) in [7, 11) is 0. The number of nitrogens with one attached hydrogen (secondary N) is 1. The highest BCUT2D eigenvalue weighted by molar-refractivity contribution is 7.99. The summed E-state index contributed by atoms with van der Waals surface area (Å²) >= 11 is 2.12. The Kier molecular flexibility index (Phi) is 5.70. The fourth-order valence-electron chi connectivity index (χ4n) is 4.73. The van der Waals surface area contributed by atoms with Gasteiger partial charge in [-0.05, 0) is 37.9 Å². The van der Waals surface area contributed by atoms with Crippen LogP contribution in [0.3, 0.4) is 0 Å². The lowest BCUT2D eigenvalue weighted by molar-refractivity contribution is 0.0923. The number of rotatable bonds is 3. The molecule has 3 fully saturated rings. The molecule has 116 valence electrons. The highest BCUT2D eigenvalue weighted by Crippen LogP contribution is 2.33. The second-order valence-electron chi connectivity index (χ2n) is 7.08. The molecule has 0 aromatic rings. The van der Waals surface area contributed by atoms with Crippen molar-refractivity contribution in [3.63, 3.8) is 0 Å². The van der Waals surface area contributed by atoms with Gasteiger partial charge in [0.1, 0.15) is 0 Å². The van der Waals surface area contributed by atoms with Crippen LogP contribution in [-0.4, -0.2) is 48.1 Å². The lowest BCUT2D eigenvalue weighted by Crippen LogP contribution is -2.58. The number of hydrogen-bond donors (Lipinski definition) is 1. The van der Waals surface area contributed by atoms with E-state index in [9.17, 15) is 0 Å². The van der Waals surface area contributed by atoms with Crippen LogP contribution in [0.15, 0.2) is 0 Å². The Hall–Kier alpha value is 0.270.